The first kappa shape index (κ1) is 25.0. The van der Waals surface area contributed by atoms with E-state index < -0.39 is 59.5 Å². The zero-order valence-electron chi connectivity index (χ0n) is 18.1. The molecule has 0 saturated carbocycles. The van der Waals surface area contributed by atoms with Gasteiger partial charge in [-0.15, -0.1) is 0 Å². The van der Waals surface area contributed by atoms with Gasteiger partial charge in [0, 0.05) is 12.0 Å². The van der Waals surface area contributed by atoms with E-state index in [1.165, 1.54) is 6.07 Å². The Balaban J connectivity index is 1.76. The molecule has 0 bridgehead atoms. The average Bonchev–Trinajstić information content (AvgIpc) is 2.96. The molecule has 6 nitrogen and oxygen atoms in total. The van der Waals surface area contributed by atoms with Gasteiger partial charge < -0.3 is 15.2 Å². The SMILES string of the molecule is O=C(O)c1cc(-c2ccccc2)c2c(n1)OC(Cc1cc(C(F)(F)F)cc(C(F)(F)F)c1)CNC2=O. The fraction of sp³-hybridized carbons (Fsp3) is 0.208. The molecule has 188 valence electrons. The molecule has 1 amide bonds. The smallest absolute Gasteiger partial charge is 0.416 e. The van der Waals surface area contributed by atoms with Gasteiger partial charge >= 0.3 is 18.3 Å². The lowest BCUT2D eigenvalue weighted by Gasteiger charge is -2.19. The number of pyridine rings is 1. The Morgan fingerprint density at radius 3 is 2.17 bits per heavy atom. The minimum absolute atomic E-state index is 0.0152. The predicted octanol–water partition coefficient (Wildman–Crippen LogP) is 5.22. The van der Waals surface area contributed by atoms with E-state index in [2.05, 4.69) is 10.3 Å². The highest BCUT2D eigenvalue weighted by Crippen LogP contribution is 2.37. The predicted molar refractivity (Wildman–Crippen MR) is 114 cm³/mol. The molecule has 0 fully saturated rings. The number of carboxylic acids is 1. The van der Waals surface area contributed by atoms with Crippen molar-refractivity contribution >= 4 is 11.9 Å². The lowest BCUT2D eigenvalue weighted by atomic mass is 9.99. The zero-order valence-corrected chi connectivity index (χ0v) is 18.1. The Morgan fingerprint density at radius 2 is 1.61 bits per heavy atom. The number of benzene rings is 2. The molecule has 2 aromatic carbocycles. The molecule has 2 heterocycles. The molecular formula is C24H16F6N2O4. The molecule has 0 aliphatic carbocycles. The molecule has 4 rings (SSSR count). The van der Waals surface area contributed by atoms with E-state index in [-0.39, 0.29) is 29.3 Å². The van der Waals surface area contributed by atoms with Crippen LogP contribution in [0.2, 0.25) is 0 Å². The number of carbonyl (C=O) groups excluding carboxylic acids is 1. The summed E-state index contributed by atoms with van der Waals surface area (Å²) in [7, 11) is 0. The van der Waals surface area contributed by atoms with Gasteiger partial charge in [0.2, 0.25) is 5.88 Å². The number of aromatic nitrogens is 1. The van der Waals surface area contributed by atoms with Crippen LogP contribution in [0.4, 0.5) is 26.3 Å². The van der Waals surface area contributed by atoms with Gasteiger partial charge in [-0.05, 0) is 35.4 Å². The van der Waals surface area contributed by atoms with E-state index in [1.54, 1.807) is 30.3 Å². The van der Waals surface area contributed by atoms with Crippen LogP contribution in [-0.4, -0.2) is 34.6 Å². The maximum atomic E-state index is 13.2. The molecule has 0 radical (unpaired) electrons. The highest BCUT2D eigenvalue weighted by atomic mass is 19.4. The molecule has 1 aromatic heterocycles. The Morgan fingerprint density at radius 1 is 1.00 bits per heavy atom. The van der Waals surface area contributed by atoms with Gasteiger partial charge in [-0.25, -0.2) is 9.78 Å². The summed E-state index contributed by atoms with van der Waals surface area (Å²) in [6.07, 6.45) is -11.6. The van der Waals surface area contributed by atoms with Gasteiger partial charge in [-0.3, -0.25) is 4.79 Å². The topological polar surface area (TPSA) is 88.5 Å². The third kappa shape index (κ3) is 5.26. The number of carbonyl (C=O) groups is 2. The second-order valence-corrected chi connectivity index (χ2v) is 7.97. The van der Waals surface area contributed by atoms with Crippen molar-refractivity contribution in [2.75, 3.05) is 6.54 Å². The lowest BCUT2D eigenvalue weighted by Crippen LogP contribution is -2.33. The number of amides is 1. The maximum absolute atomic E-state index is 13.2. The standard InChI is InChI=1S/C24H16F6N2O4/c25-23(26,27)14-6-12(7-15(9-14)24(28,29)30)8-16-11-31-20(33)19-17(13-4-2-1-3-5-13)10-18(22(34)35)32-21(19)36-16/h1-7,9-10,16H,8,11H2,(H,31,33)(H,34,35). The summed E-state index contributed by atoms with van der Waals surface area (Å²) < 4.78 is 85.1. The molecule has 0 spiro atoms. The first-order chi connectivity index (χ1) is 16.8. The van der Waals surface area contributed by atoms with Crippen LogP contribution >= 0.6 is 0 Å². The minimum atomic E-state index is -5.02. The van der Waals surface area contributed by atoms with Crippen molar-refractivity contribution in [2.45, 2.75) is 24.9 Å². The summed E-state index contributed by atoms with van der Waals surface area (Å²) in [6.45, 7) is -0.274. The number of halogens is 6. The van der Waals surface area contributed by atoms with Gasteiger partial charge in [-0.2, -0.15) is 26.3 Å². The highest BCUT2D eigenvalue weighted by molar-refractivity contribution is 6.04. The normalized spacial score (nSPS) is 15.9. The monoisotopic (exact) mass is 510 g/mol. The maximum Gasteiger partial charge on any atom is 0.416 e. The quantitative estimate of drug-likeness (QED) is 0.470. The van der Waals surface area contributed by atoms with Gasteiger partial charge in [0.05, 0.1) is 17.7 Å². The van der Waals surface area contributed by atoms with Gasteiger partial charge in [0.25, 0.3) is 5.91 Å². The fourth-order valence-electron chi connectivity index (χ4n) is 3.79. The third-order valence-corrected chi connectivity index (χ3v) is 5.40. The number of nitrogens with zero attached hydrogens (tertiary/aromatic N) is 1. The highest BCUT2D eigenvalue weighted by Gasteiger charge is 2.37. The van der Waals surface area contributed by atoms with E-state index in [0.29, 0.717) is 17.7 Å². The third-order valence-electron chi connectivity index (χ3n) is 5.40. The number of fused-ring (bicyclic) bond motifs is 1. The van der Waals surface area contributed by atoms with Gasteiger partial charge in [0.15, 0.2) is 5.69 Å². The molecule has 36 heavy (non-hydrogen) atoms. The van der Waals surface area contributed by atoms with Crippen LogP contribution in [0, 0.1) is 0 Å². The molecule has 1 unspecified atom stereocenters. The fourth-order valence-corrected chi connectivity index (χ4v) is 3.79. The van der Waals surface area contributed by atoms with Crippen LogP contribution in [0.15, 0.2) is 54.6 Å². The van der Waals surface area contributed by atoms with Crippen LogP contribution in [0.1, 0.15) is 37.5 Å². The van der Waals surface area contributed by atoms with Gasteiger partial charge in [-0.1, -0.05) is 30.3 Å². The van der Waals surface area contributed by atoms with Crippen LogP contribution in [-0.2, 0) is 18.8 Å². The van der Waals surface area contributed by atoms with Crippen molar-refractivity contribution < 1.29 is 45.8 Å². The van der Waals surface area contributed by atoms with Crippen LogP contribution < -0.4 is 10.1 Å². The van der Waals surface area contributed by atoms with Crippen molar-refractivity contribution in [1.29, 1.82) is 0 Å². The molecular weight excluding hydrogens is 494 g/mol. The average molecular weight is 510 g/mol. The minimum Gasteiger partial charge on any atom is -0.477 e. The molecule has 2 N–H and O–H groups in total. The second-order valence-electron chi connectivity index (χ2n) is 7.97. The van der Waals surface area contributed by atoms with Crippen molar-refractivity contribution in [3.63, 3.8) is 0 Å². The summed E-state index contributed by atoms with van der Waals surface area (Å²) >= 11 is 0. The first-order valence-corrected chi connectivity index (χ1v) is 10.4. The van der Waals surface area contributed by atoms with E-state index in [4.69, 9.17) is 4.74 Å². The first-order valence-electron chi connectivity index (χ1n) is 10.4. The summed E-state index contributed by atoms with van der Waals surface area (Å²) in [6, 6.07) is 10.6. The second kappa shape index (κ2) is 9.17. The van der Waals surface area contributed by atoms with Crippen molar-refractivity contribution in [1.82, 2.24) is 10.3 Å². The molecule has 1 atom stereocenters. The largest absolute Gasteiger partial charge is 0.477 e. The van der Waals surface area contributed by atoms with Crippen molar-refractivity contribution in [2.24, 2.45) is 0 Å². The Labute approximate surface area is 199 Å². The lowest BCUT2D eigenvalue weighted by molar-refractivity contribution is -0.143. The number of hydrogen-bond donors (Lipinski definition) is 2. The van der Waals surface area contributed by atoms with Crippen LogP contribution in [0.5, 0.6) is 5.88 Å². The summed E-state index contributed by atoms with van der Waals surface area (Å²) in [5.74, 6) is -2.50. The molecule has 1 aliphatic rings. The Bertz CT molecular complexity index is 1290. The number of ether oxygens (including phenoxy) is 1. The Kier molecular flexibility index (Phi) is 6.37. The number of alkyl halides is 6. The van der Waals surface area contributed by atoms with Gasteiger partial charge in [0.1, 0.15) is 11.7 Å². The van der Waals surface area contributed by atoms with Crippen LogP contribution in [0.3, 0.4) is 0 Å². The number of aromatic carboxylic acids is 1. The van der Waals surface area contributed by atoms with Crippen LogP contribution in [0.25, 0.3) is 11.1 Å². The summed E-state index contributed by atoms with van der Waals surface area (Å²) in [5.41, 5.74) is -3.20. The van der Waals surface area contributed by atoms with E-state index >= 15 is 0 Å². The number of rotatable bonds is 4. The molecule has 12 heteroatoms. The zero-order chi connectivity index (χ0) is 26.3. The molecule has 3 aromatic rings. The molecule has 1 aliphatic heterocycles. The van der Waals surface area contributed by atoms with Crippen molar-refractivity contribution in [3.8, 4) is 17.0 Å². The van der Waals surface area contributed by atoms with E-state index in [9.17, 15) is 41.0 Å². The Hall–Kier alpha value is -4.09. The molecule has 0 saturated heterocycles. The number of carboxylic acid groups (broad SMARTS) is 1. The van der Waals surface area contributed by atoms with E-state index in [1.807, 2.05) is 0 Å². The summed E-state index contributed by atoms with van der Waals surface area (Å²) in [5, 5.41) is 12.0. The van der Waals surface area contributed by atoms with E-state index in [0.717, 1.165) is 0 Å². The van der Waals surface area contributed by atoms with Crippen molar-refractivity contribution in [3.05, 3.63) is 82.5 Å². The number of nitrogens with one attached hydrogen (secondary N) is 1. The summed E-state index contributed by atoms with van der Waals surface area (Å²) in [4.78, 5) is 28.4. The number of hydrogen-bond acceptors (Lipinski definition) is 4.